The molecule has 1 amide bonds. The molecule has 0 radical (unpaired) electrons. The maximum atomic E-state index is 13.4. The van der Waals surface area contributed by atoms with Crippen LogP contribution < -0.4 is 9.73 Å². The molecule has 0 unspecified atom stereocenters. The number of aryl methyl sites for hydroxylation is 2. The summed E-state index contributed by atoms with van der Waals surface area (Å²) in [4.78, 5) is 23.2. The number of anilines is 1. The van der Waals surface area contributed by atoms with Gasteiger partial charge < -0.3 is 0 Å². The molecule has 3 aromatic rings. The van der Waals surface area contributed by atoms with Crippen LogP contribution in [0, 0.1) is 24.0 Å². The Labute approximate surface area is 208 Å². The number of nitro groups is 1. The number of benzene rings is 3. The minimum Gasteiger partial charge on any atom is -0.271 e. The van der Waals surface area contributed by atoms with Gasteiger partial charge in [-0.25, -0.2) is 13.8 Å². The molecular formula is C24H23ClN4O5S. The minimum atomic E-state index is -4.11. The van der Waals surface area contributed by atoms with Crippen LogP contribution >= 0.6 is 11.6 Å². The Balaban J connectivity index is 1.90. The number of carbonyl (C=O) groups is 1. The lowest BCUT2D eigenvalue weighted by atomic mass is 10.1. The third kappa shape index (κ3) is 6.23. The van der Waals surface area contributed by atoms with Crippen molar-refractivity contribution in [2.24, 2.45) is 5.10 Å². The van der Waals surface area contributed by atoms with Gasteiger partial charge in [0.1, 0.15) is 6.54 Å². The van der Waals surface area contributed by atoms with Crippen molar-refractivity contribution in [1.82, 2.24) is 5.43 Å². The Hall–Kier alpha value is -3.76. The van der Waals surface area contributed by atoms with Gasteiger partial charge in [0.15, 0.2) is 0 Å². The van der Waals surface area contributed by atoms with Crippen molar-refractivity contribution in [3.8, 4) is 0 Å². The second kappa shape index (κ2) is 10.7. The van der Waals surface area contributed by atoms with E-state index in [4.69, 9.17) is 11.6 Å². The number of nitrogens with zero attached hydrogens (tertiary/aromatic N) is 3. The van der Waals surface area contributed by atoms with E-state index in [0.717, 1.165) is 15.4 Å². The van der Waals surface area contributed by atoms with Crippen LogP contribution in [-0.2, 0) is 14.8 Å². The van der Waals surface area contributed by atoms with Gasteiger partial charge in [-0.2, -0.15) is 5.10 Å². The van der Waals surface area contributed by atoms with Crippen LogP contribution in [0.2, 0.25) is 5.02 Å². The molecule has 0 aromatic heterocycles. The van der Waals surface area contributed by atoms with E-state index in [-0.39, 0.29) is 16.3 Å². The van der Waals surface area contributed by atoms with Crippen molar-refractivity contribution in [2.45, 2.75) is 25.7 Å². The standard InChI is InChI=1S/C24H23ClN4O5S/c1-16-7-11-22(12-8-16)35(33,34)28(20-10-9-17(2)23(25)14-20)15-24(30)27-26-18(3)19-5-4-6-21(13-19)29(31)32/h4-14H,15H2,1-3H3,(H,27,30)/b26-18-. The lowest BCUT2D eigenvalue weighted by Gasteiger charge is -2.24. The average Bonchev–Trinajstić information content (AvgIpc) is 2.83. The molecule has 9 nitrogen and oxygen atoms in total. The van der Waals surface area contributed by atoms with E-state index in [1.807, 2.05) is 6.92 Å². The van der Waals surface area contributed by atoms with Crippen molar-refractivity contribution in [2.75, 3.05) is 10.8 Å². The molecule has 11 heteroatoms. The van der Waals surface area contributed by atoms with Crippen LogP contribution in [0.5, 0.6) is 0 Å². The fourth-order valence-electron chi connectivity index (χ4n) is 3.11. The first-order valence-corrected chi connectivity index (χ1v) is 12.2. The average molecular weight is 515 g/mol. The number of hydrogen-bond donors (Lipinski definition) is 1. The Kier molecular flexibility index (Phi) is 7.88. The smallest absolute Gasteiger partial charge is 0.270 e. The topological polar surface area (TPSA) is 122 Å². The van der Waals surface area contributed by atoms with Crippen LogP contribution in [0.15, 0.2) is 76.7 Å². The number of sulfonamides is 1. The Morgan fingerprint density at radius 2 is 1.77 bits per heavy atom. The molecule has 0 bridgehead atoms. The number of amides is 1. The third-order valence-electron chi connectivity index (χ3n) is 5.16. The summed E-state index contributed by atoms with van der Waals surface area (Å²) in [5.41, 5.74) is 4.82. The predicted octanol–water partition coefficient (Wildman–Crippen LogP) is 4.60. The first-order valence-electron chi connectivity index (χ1n) is 10.4. The van der Waals surface area contributed by atoms with Crippen LogP contribution in [0.4, 0.5) is 11.4 Å². The number of hydrazone groups is 1. The molecule has 0 heterocycles. The summed E-state index contributed by atoms with van der Waals surface area (Å²) in [5.74, 6) is -0.706. The molecule has 0 spiro atoms. The maximum Gasteiger partial charge on any atom is 0.270 e. The number of rotatable bonds is 8. The molecule has 0 atom stereocenters. The number of halogens is 1. The minimum absolute atomic E-state index is 0.0175. The van der Waals surface area contributed by atoms with Crippen molar-refractivity contribution < 1.29 is 18.1 Å². The van der Waals surface area contributed by atoms with Crippen molar-refractivity contribution in [1.29, 1.82) is 0 Å². The van der Waals surface area contributed by atoms with Crippen LogP contribution in [0.1, 0.15) is 23.6 Å². The van der Waals surface area contributed by atoms with Crippen LogP contribution in [-0.4, -0.2) is 31.5 Å². The molecular weight excluding hydrogens is 492 g/mol. The molecule has 35 heavy (non-hydrogen) atoms. The molecule has 0 aliphatic carbocycles. The highest BCUT2D eigenvalue weighted by Crippen LogP contribution is 2.28. The molecule has 0 aliphatic rings. The van der Waals surface area contributed by atoms with Crippen LogP contribution in [0.3, 0.4) is 0 Å². The molecule has 3 aromatic carbocycles. The predicted molar refractivity (Wildman–Crippen MR) is 135 cm³/mol. The largest absolute Gasteiger partial charge is 0.271 e. The van der Waals surface area contributed by atoms with Gasteiger partial charge in [-0.3, -0.25) is 19.2 Å². The summed E-state index contributed by atoms with van der Waals surface area (Å²) in [6, 6.07) is 16.8. The monoisotopic (exact) mass is 514 g/mol. The highest BCUT2D eigenvalue weighted by atomic mass is 35.5. The molecule has 0 fully saturated rings. The SMILES string of the molecule is C/C(=N/NC(=O)CN(c1ccc(C)c(Cl)c1)S(=O)(=O)c1ccc(C)cc1)c1cccc([N+](=O)[O-])c1. The summed E-state index contributed by atoms with van der Waals surface area (Å²) in [7, 11) is -4.11. The molecule has 3 rings (SSSR count). The quantitative estimate of drug-likeness (QED) is 0.267. The first-order chi connectivity index (χ1) is 16.5. The van der Waals surface area contributed by atoms with E-state index in [9.17, 15) is 23.3 Å². The summed E-state index contributed by atoms with van der Waals surface area (Å²) < 4.78 is 27.8. The number of hydrogen-bond acceptors (Lipinski definition) is 6. The van der Waals surface area contributed by atoms with Crippen molar-refractivity contribution >= 4 is 44.6 Å². The lowest BCUT2D eigenvalue weighted by molar-refractivity contribution is -0.384. The first kappa shape index (κ1) is 25.9. The van der Waals surface area contributed by atoms with Gasteiger partial charge in [0, 0.05) is 22.7 Å². The van der Waals surface area contributed by atoms with E-state index in [1.165, 1.54) is 36.4 Å². The Bertz CT molecular complexity index is 1410. The number of non-ortho nitro benzene ring substituents is 1. The summed E-state index contributed by atoms with van der Waals surface area (Å²) in [6.07, 6.45) is 0. The molecule has 182 valence electrons. The van der Waals surface area contributed by atoms with Gasteiger partial charge in [-0.15, -0.1) is 0 Å². The number of nitrogens with one attached hydrogen (secondary N) is 1. The van der Waals surface area contributed by atoms with Gasteiger partial charge in [-0.1, -0.05) is 47.5 Å². The fraction of sp³-hybridized carbons (Fsp3) is 0.167. The third-order valence-corrected chi connectivity index (χ3v) is 7.36. The van der Waals surface area contributed by atoms with Gasteiger partial charge in [0.2, 0.25) is 0 Å². The van der Waals surface area contributed by atoms with Gasteiger partial charge >= 0.3 is 0 Å². The molecule has 0 aliphatic heterocycles. The van der Waals surface area contributed by atoms with Crippen molar-refractivity contribution in [3.63, 3.8) is 0 Å². The second-order valence-corrected chi connectivity index (χ2v) is 10.1. The summed E-state index contributed by atoms with van der Waals surface area (Å²) >= 11 is 6.23. The van der Waals surface area contributed by atoms with E-state index in [1.54, 1.807) is 44.2 Å². The van der Waals surface area contributed by atoms with Gasteiger partial charge in [-0.05, 0) is 50.6 Å². The van der Waals surface area contributed by atoms with E-state index in [2.05, 4.69) is 10.5 Å². The van der Waals surface area contributed by atoms with Gasteiger partial charge in [0.25, 0.3) is 21.6 Å². The highest BCUT2D eigenvalue weighted by molar-refractivity contribution is 7.92. The second-order valence-electron chi connectivity index (χ2n) is 7.80. The highest BCUT2D eigenvalue weighted by Gasteiger charge is 2.27. The van der Waals surface area contributed by atoms with Crippen molar-refractivity contribution in [3.05, 3.63) is 98.6 Å². The number of carbonyl (C=O) groups excluding carboxylic acids is 1. The van der Waals surface area contributed by atoms with Gasteiger partial charge in [0.05, 0.1) is 21.2 Å². The fourth-order valence-corrected chi connectivity index (χ4v) is 4.70. The maximum absolute atomic E-state index is 13.4. The van der Waals surface area contributed by atoms with Crippen LogP contribution in [0.25, 0.3) is 0 Å². The van der Waals surface area contributed by atoms with E-state index in [0.29, 0.717) is 16.3 Å². The van der Waals surface area contributed by atoms with E-state index >= 15 is 0 Å². The lowest BCUT2D eigenvalue weighted by Crippen LogP contribution is -2.39. The summed E-state index contributed by atoms with van der Waals surface area (Å²) in [6.45, 7) is 4.62. The summed E-state index contributed by atoms with van der Waals surface area (Å²) in [5, 5.41) is 15.3. The Morgan fingerprint density at radius 1 is 1.09 bits per heavy atom. The zero-order valence-electron chi connectivity index (χ0n) is 19.2. The Morgan fingerprint density at radius 3 is 2.40 bits per heavy atom. The molecule has 0 saturated carbocycles. The normalized spacial score (nSPS) is 11.7. The molecule has 1 N–H and O–H groups in total. The number of nitro benzene ring substituents is 1. The zero-order valence-corrected chi connectivity index (χ0v) is 20.8. The zero-order chi connectivity index (χ0) is 25.8. The van der Waals surface area contributed by atoms with E-state index < -0.39 is 27.4 Å². The molecule has 0 saturated heterocycles.